The number of anilines is 1. The van der Waals surface area contributed by atoms with Crippen molar-refractivity contribution in [3.63, 3.8) is 0 Å². The third-order valence-corrected chi connectivity index (χ3v) is 5.52. The Hall–Kier alpha value is -2.44. The fourth-order valence-electron chi connectivity index (χ4n) is 3.97. The lowest BCUT2D eigenvalue weighted by Gasteiger charge is -2.19. The first kappa shape index (κ1) is 17.9. The maximum absolute atomic E-state index is 12.8. The molecular weight excluding hydrogens is 364 g/mol. The van der Waals surface area contributed by atoms with E-state index in [-0.39, 0.29) is 11.8 Å². The van der Waals surface area contributed by atoms with Gasteiger partial charge in [-0.3, -0.25) is 9.59 Å². The topological polar surface area (TPSA) is 65.5 Å². The number of hydrogen-bond acceptors (Lipinski definition) is 4. The van der Waals surface area contributed by atoms with Gasteiger partial charge in [0.1, 0.15) is 11.5 Å². The van der Waals surface area contributed by atoms with Crippen molar-refractivity contribution in [1.82, 2.24) is 14.8 Å². The van der Waals surface area contributed by atoms with Crippen molar-refractivity contribution in [3.8, 4) is 0 Å². The summed E-state index contributed by atoms with van der Waals surface area (Å²) in [5, 5.41) is 3.31. The number of carbonyl (C=O) groups excluding carboxylic acids is 2. The van der Waals surface area contributed by atoms with Crippen LogP contribution in [0.3, 0.4) is 0 Å². The Morgan fingerprint density at radius 2 is 1.70 bits per heavy atom. The Morgan fingerprint density at radius 3 is 2.37 bits per heavy atom. The minimum atomic E-state index is -0.289. The van der Waals surface area contributed by atoms with Gasteiger partial charge in [0, 0.05) is 36.8 Å². The van der Waals surface area contributed by atoms with Crippen molar-refractivity contribution in [3.05, 3.63) is 58.7 Å². The number of fused-ring (bicyclic) bond motifs is 1. The normalized spacial score (nSPS) is 21.9. The van der Waals surface area contributed by atoms with Crippen molar-refractivity contribution in [1.29, 1.82) is 0 Å². The van der Waals surface area contributed by atoms with Crippen LogP contribution in [0.25, 0.3) is 0 Å². The number of rotatable bonds is 3. The van der Waals surface area contributed by atoms with Crippen LogP contribution >= 0.6 is 11.6 Å². The lowest BCUT2D eigenvalue weighted by molar-refractivity contribution is 0.0770. The van der Waals surface area contributed by atoms with Gasteiger partial charge >= 0.3 is 0 Å². The molecule has 2 fully saturated rings. The number of benzene rings is 1. The molecule has 2 unspecified atom stereocenters. The predicted octanol–water partition coefficient (Wildman–Crippen LogP) is 2.62. The van der Waals surface area contributed by atoms with Crippen LogP contribution in [0.2, 0.25) is 5.02 Å². The van der Waals surface area contributed by atoms with E-state index in [4.69, 9.17) is 11.6 Å². The number of pyridine rings is 1. The SMILES string of the molecule is CN1CC2CN(C(=O)c3cccc(NC(=O)c4ccc(Cl)cc4)n3)CC2C1. The minimum Gasteiger partial charge on any atom is -0.337 e. The number of nitrogens with one attached hydrogen (secondary N) is 1. The van der Waals surface area contributed by atoms with E-state index >= 15 is 0 Å². The highest BCUT2D eigenvalue weighted by Crippen LogP contribution is 2.30. The fourth-order valence-corrected chi connectivity index (χ4v) is 4.09. The van der Waals surface area contributed by atoms with E-state index < -0.39 is 0 Å². The number of hydrogen-bond donors (Lipinski definition) is 1. The molecule has 0 aliphatic carbocycles. The van der Waals surface area contributed by atoms with E-state index in [9.17, 15) is 9.59 Å². The van der Waals surface area contributed by atoms with Gasteiger partial charge < -0.3 is 15.1 Å². The van der Waals surface area contributed by atoms with Gasteiger partial charge in [-0.25, -0.2) is 4.98 Å². The minimum absolute atomic E-state index is 0.0744. The van der Waals surface area contributed by atoms with E-state index in [1.807, 2.05) is 4.90 Å². The second-order valence-corrected chi connectivity index (χ2v) is 7.76. The van der Waals surface area contributed by atoms with E-state index in [1.165, 1.54) is 0 Å². The molecule has 0 bridgehead atoms. The summed E-state index contributed by atoms with van der Waals surface area (Å²) in [6.07, 6.45) is 0. The van der Waals surface area contributed by atoms with Gasteiger partial charge in [0.25, 0.3) is 11.8 Å². The van der Waals surface area contributed by atoms with Crippen LogP contribution in [-0.2, 0) is 0 Å². The van der Waals surface area contributed by atoms with Gasteiger partial charge in [0.15, 0.2) is 0 Å². The van der Waals surface area contributed by atoms with E-state index in [2.05, 4.69) is 22.2 Å². The van der Waals surface area contributed by atoms with Crippen molar-refractivity contribution in [2.24, 2.45) is 11.8 Å². The average molecular weight is 385 g/mol. The third-order valence-electron chi connectivity index (χ3n) is 5.27. The summed E-state index contributed by atoms with van der Waals surface area (Å²) in [5.41, 5.74) is 0.839. The molecule has 0 radical (unpaired) electrons. The summed E-state index contributed by atoms with van der Waals surface area (Å²) in [7, 11) is 2.12. The van der Waals surface area contributed by atoms with Crippen LogP contribution in [0.4, 0.5) is 5.82 Å². The zero-order valence-corrected chi connectivity index (χ0v) is 15.8. The largest absolute Gasteiger partial charge is 0.337 e. The molecule has 4 rings (SSSR count). The maximum Gasteiger partial charge on any atom is 0.272 e. The molecule has 0 spiro atoms. The Labute approximate surface area is 163 Å². The zero-order valence-electron chi connectivity index (χ0n) is 15.1. The van der Waals surface area contributed by atoms with E-state index in [0.29, 0.717) is 33.9 Å². The summed E-state index contributed by atoms with van der Waals surface area (Å²) < 4.78 is 0. The molecule has 1 N–H and O–H groups in total. The second kappa shape index (κ2) is 7.29. The second-order valence-electron chi connectivity index (χ2n) is 7.32. The lowest BCUT2D eigenvalue weighted by atomic mass is 10.0. The molecule has 2 aromatic rings. The van der Waals surface area contributed by atoms with Crippen molar-refractivity contribution in [2.75, 3.05) is 38.5 Å². The van der Waals surface area contributed by atoms with Gasteiger partial charge in [-0.15, -0.1) is 0 Å². The van der Waals surface area contributed by atoms with Crippen LogP contribution in [0.15, 0.2) is 42.5 Å². The molecule has 140 valence electrons. The molecule has 2 aliphatic rings. The highest BCUT2D eigenvalue weighted by molar-refractivity contribution is 6.30. The van der Waals surface area contributed by atoms with Gasteiger partial charge in [-0.05, 0) is 55.3 Å². The first-order valence-corrected chi connectivity index (χ1v) is 9.39. The molecule has 27 heavy (non-hydrogen) atoms. The molecular formula is C20H21ClN4O2. The molecule has 7 heteroatoms. The molecule has 0 saturated carbocycles. The number of carbonyl (C=O) groups is 2. The molecule has 1 aromatic carbocycles. The Bertz CT molecular complexity index is 857. The number of nitrogens with zero attached hydrogens (tertiary/aromatic N) is 3. The number of amides is 2. The highest BCUT2D eigenvalue weighted by atomic mass is 35.5. The molecule has 2 saturated heterocycles. The highest BCUT2D eigenvalue weighted by Gasteiger charge is 2.40. The van der Waals surface area contributed by atoms with Crippen LogP contribution in [0.5, 0.6) is 0 Å². The Kier molecular flexibility index (Phi) is 4.85. The Morgan fingerprint density at radius 1 is 1.04 bits per heavy atom. The summed E-state index contributed by atoms with van der Waals surface area (Å²) in [5.74, 6) is 1.09. The number of aromatic nitrogens is 1. The standard InChI is InChI=1S/C20H21ClN4O2/c1-24-9-14-11-25(12-15(14)10-24)20(27)17-3-2-4-18(22-17)23-19(26)13-5-7-16(21)8-6-13/h2-8,14-15H,9-12H2,1H3,(H,22,23,26). The molecule has 3 heterocycles. The summed E-state index contributed by atoms with van der Waals surface area (Å²) in [6, 6.07) is 11.7. The van der Waals surface area contributed by atoms with E-state index in [1.54, 1.807) is 42.5 Å². The smallest absolute Gasteiger partial charge is 0.272 e. The van der Waals surface area contributed by atoms with Crippen LogP contribution < -0.4 is 5.32 Å². The van der Waals surface area contributed by atoms with Gasteiger partial charge in [-0.2, -0.15) is 0 Å². The Balaban J connectivity index is 1.44. The molecule has 6 nitrogen and oxygen atoms in total. The quantitative estimate of drug-likeness (QED) is 0.883. The lowest BCUT2D eigenvalue weighted by Crippen LogP contribution is -2.33. The maximum atomic E-state index is 12.8. The molecule has 2 amide bonds. The van der Waals surface area contributed by atoms with E-state index in [0.717, 1.165) is 26.2 Å². The fraction of sp³-hybridized carbons (Fsp3) is 0.350. The summed E-state index contributed by atoms with van der Waals surface area (Å²) in [6.45, 7) is 3.63. The van der Waals surface area contributed by atoms with Crippen molar-refractivity contribution < 1.29 is 9.59 Å². The van der Waals surface area contributed by atoms with Crippen molar-refractivity contribution >= 4 is 29.2 Å². The van der Waals surface area contributed by atoms with Crippen LogP contribution in [-0.4, -0.2) is 59.8 Å². The van der Waals surface area contributed by atoms with Gasteiger partial charge in [0.2, 0.25) is 0 Å². The van der Waals surface area contributed by atoms with Gasteiger partial charge in [-0.1, -0.05) is 17.7 Å². The first-order valence-electron chi connectivity index (χ1n) is 9.01. The zero-order chi connectivity index (χ0) is 19.0. The number of halogens is 1. The predicted molar refractivity (Wildman–Crippen MR) is 104 cm³/mol. The van der Waals surface area contributed by atoms with Crippen LogP contribution in [0, 0.1) is 11.8 Å². The van der Waals surface area contributed by atoms with Crippen molar-refractivity contribution in [2.45, 2.75) is 0 Å². The monoisotopic (exact) mass is 384 g/mol. The summed E-state index contributed by atoms with van der Waals surface area (Å²) >= 11 is 5.85. The first-order chi connectivity index (χ1) is 13.0. The van der Waals surface area contributed by atoms with Crippen LogP contribution in [0.1, 0.15) is 20.8 Å². The third kappa shape index (κ3) is 3.82. The van der Waals surface area contributed by atoms with Gasteiger partial charge in [0.05, 0.1) is 0 Å². The molecule has 2 aliphatic heterocycles. The average Bonchev–Trinajstić information content (AvgIpc) is 3.19. The number of likely N-dealkylation sites (tertiary alicyclic amines) is 2. The summed E-state index contributed by atoms with van der Waals surface area (Å²) in [4.78, 5) is 33.7. The molecule has 2 atom stereocenters. The molecule has 1 aromatic heterocycles.